The van der Waals surface area contributed by atoms with Crippen LogP contribution >= 0.6 is 0 Å². The third-order valence-corrected chi connectivity index (χ3v) is 3.76. The molecule has 0 aromatic heterocycles. The van der Waals surface area contributed by atoms with Crippen LogP contribution in [0.3, 0.4) is 0 Å². The number of nitrogens with one attached hydrogen (secondary N) is 1. The smallest absolute Gasteiger partial charge is 0.251 e. The summed E-state index contributed by atoms with van der Waals surface area (Å²) in [6.45, 7) is 2.45. The summed E-state index contributed by atoms with van der Waals surface area (Å²) in [6, 6.07) is 5.32. The molecule has 0 aliphatic heterocycles. The maximum absolute atomic E-state index is 12.3. The lowest BCUT2D eigenvalue weighted by atomic mass is 9.93. The average Bonchev–Trinajstić information content (AvgIpc) is 2.50. The molecule has 2 rings (SSSR count). The van der Waals surface area contributed by atoms with Crippen LogP contribution in [-0.2, 0) is 0 Å². The SMILES string of the molecule is CCOc1ccc(C(=O)NC2CCC(O)CC2)cc1OC. The van der Waals surface area contributed by atoms with Gasteiger partial charge in [0.2, 0.25) is 0 Å². The summed E-state index contributed by atoms with van der Waals surface area (Å²) in [7, 11) is 1.56. The molecular weight excluding hydrogens is 270 g/mol. The average molecular weight is 293 g/mol. The van der Waals surface area contributed by atoms with E-state index in [1.807, 2.05) is 6.92 Å². The fourth-order valence-electron chi connectivity index (χ4n) is 2.57. The molecule has 21 heavy (non-hydrogen) atoms. The van der Waals surface area contributed by atoms with E-state index in [1.54, 1.807) is 25.3 Å². The number of rotatable bonds is 5. The maximum Gasteiger partial charge on any atom is 0.251 e. The van der Waals surface area contributed by atoms with Crippen LogP contribution in [-0.4, -0.2) is 36.9 Å². The Morgan fingerprint density at radius 3 is 2.62 bits per heavy atom. The van der Waals surface area contributed by atoms with E-state index in [0.717, 1.165) is 25.7 Å². The first kappa shape index (κ1) is 15.6. The Hall–Kier alpha value is -1.75. The first-order chi connectivity index (χ1) is 10.1. The van der Waals surface area contributed by atoms with Crippen LogP contribution in [0.2, 0.25) is 0 Å². The highest BCUT2D eigenvalue weighted by atomic mass is 16.5. The first-order valence-corrected chi connectivity index (χ1v) is 7.43. The second kappa shape index (κ2) is 7.31. The molecule has 0 spiro atoms. The largest absolute Gasteiger partial charge is 0.493 e. The van der Waals surface area contributed by atoms with Crippen molar-refractivity contribution in [2.45, 2.75) is 44.8 Å². The predicted molar refractivity (Wildman–Crippen MR) is 79.9 cm³/mol. The lowest BCUT2D eigenvalue weighted by molar-refractivity contribution is 0.0867. The monoisotopic (exact) mass is 293 g/mol. The molecule has 0 atom stereocenters. The summed E-state index contributed by atoms with van der Waals surface area (Å²) in [5.41, 5.74) is 0.557. The van der Waals surface area contributed by atoms with Crippen LogP contribution in [0, 0.1) is 0 Å². The highest BCUT2D eigenvalue weighted by Crippen LogP contribution is 2.28. The lowest BCUT2D eigenvalue weighted by Crippen LogP contribution is -2.38. The van der Waals surface area contributed by atoms with Crippen LogP contribution in [0.1, 0.15) is 43.0 Å². The van der Waals surface area contributed by atoms with Crippen molar-refractivity contribution < 1.29 is 19.4 Å². The van der Waals surface area contributed by atoms with E-state index in [9.17, 15) is 9.90 Å². The summed E-state index contributed by atoms with van der Waals surface area (Å²) in [5.74, 6) is 1.08. The highest BCUT2D eigenvalue weighted by Gasteiger charge is 2.21. The van der Waals surface area contributed by atoms with E-state index >= 15 is 0 Å². The fraction of sp³-hybridized carbons (Fsp3) is 0.562. The molecule has 1 aliphatic rings. The molecule has 0 bridgehead atoms. The molecule has 1 aromatic carbocycles. The van der Waals surface area contributed by atoms with Gasteiger partial charge in [0.15, 0.2) is 11.5 Å². The normalized spacial score (nSPS) is 21.7. The molecule has 2 N–H and O–H groups in total. The number of amides is 1. The van der Waals surface area contributed by atoms with Crippen LogP contribution in [0.5, 0.6) is 11.5 Å². The Kier molecular flexibility index (Phi) is 5.44. The Balaban J connectivity index is 2.02. The van der Waals surface area contributed by atoms with Crippen molar-refractivity contribution in [3.05, 3.63) is 23.8 Å². The molecule has 1 aliphatic carbocycles. The van der Waals surface area contributed by atoms with Gasteiger partial charge in [-0.25, -0.2) is 0 Å². The molecule has 5 nitrogen and oxygen atoms in total. The number of benzene rings is 1. The predicted octanol–water partition coefficient (Wildman–Crippen LogP) is 2.13. The van der Waals surface area contributed by atoms with Crippen molar-refractivity contribution in [3.63, 3.8) is 0 Å². The number of carbonyl (C=O) groups is 1. The lowest BCUT2D eigenvalue weighted by Gasteiger charge is -2.26. The molecule has 1 fully saturated rings. The molecule has 0 saturated heterocycles. The molecule has 0 radical (unpaired) electrons. The standard InChI is InChI=1S/C16H23NO4/c1-3-21-14-9-4-11(10-15(14)20-2)16(19)17-12-5-7-13(18)8-6-12/h4,9-10,12-13,18H,3,5-8H2,1-2H3,(H,17,19). The summed E-state index contributed by atoms with van der Waals surface area (Å²) < 4.78 is 10.7. The minimum Gasteiger partial charge on any atom is -0.493 e. The fourth-order valence-corrected chi connectivity index (χ4v) is 2.57. The van der Waals surface area contributed by atoms with E-state index in [0.29, 0.717) is 23.7 Å². The Labute approximate surface area is 125 Å². The number of aliphatic hydroxyl groups excluding tert-OH is 1. The molecule has 0 unspecified atom stereocenters. The van der Waals surface area contributed by atoms with Crippen molar-refractivity contribution >= 4 is 5.91 Å². The van der Waals surface area contributed by atoms with Gasteiger partial charge in [0.05, 0.1) is 19.8 Å². The van der Waals surface area contributed by atoms with Gasteiger partial charge in [0.25, 0.3) is 5.91 Å². The number of hydrogen-bond donors (Lipinski definition) is 2. The number of aliphatic hydroxyl groups is 1. The van der Waals surface area contributed by atoms with Gasteiger partial charge in [-0.15, -0.1) is 0 Å². The number of carbonyl (C=O) groups excluding carboxylic acids is 1. The van der Waals surface area contributed by atoms with E-state index in [2.05, 4.69) is 5.32 Å². The van der Waals surface area contributed by atoms with Gasteiger partial charge < -0.3 is 19.9 Å². The Bertz CT molecular complexity index is 481. The van der Waals surface area contributed by atoms with Crippen molar-refractivity contribution in [2.24, 2.45) is 0 Å². The molecule has 1 amide bonds. The highest BCUT2D eigenvalue weighted by molar-refractivity contribution is 5.95. The molecule has 116 valence electrons. The van der Waals surface area contributed by atoms with Crippen molar-refractivity contribution in [1.29, 1.82) is 0 Å². The van der Waals surface area contributed by atoms with Gasteiger partial charge in [-0.05, 0) is 50.8 Å². The van der Waals surface area contributed by atoms with Crippen molar-refractivity contribution in [2.75, 3.05) is 13.7 Å². The minimum absolute atomic E-state index is 0.113. The van der Waals surface area contributed by atoms with E-state index in [4.69, 9.17) is 9.47 Å². The van der Waals surface area contributed by atoms with Gasteiger partial charge >= 0.3 is 0 Å². The van der Waals surface area contributed by atoms with Crippen LogP contribution in [0.15, 0.2) is 18.2 Å². The number of methoxy groups -OCH3 is 1. The van der Waals surface area contributed by atoms with Crippen molar-refractivity contribution in [1.82, 2.24) is 5.32 Å². The topological polar surface area (TPSA) is 67.8 Å². The van der Waals surface area contributed by atoms with E-state index < -0.39 is 0 Å². The summed E-state index contributed by atoms with van der Waals surface area (Å²) in [6.07, 6.45) is 2.92. The number of ether oxygens (including phenoxy) is 2. The van der Waals surface area contributed by atoms with Crippen LogP contribution in [0.4, 0.5) is 0 Å². The Morgan fingerprint density at radius 2 is 2.00 bits per heavy atom. The summed E-state index contributed by atoms with van der Waals surface area (Å²) >= 11 is 0. The molecule has 5 heteroatoms. The molecule has 0 heterocycles. The quantitative estimate of drug-likeness (QED) is 0.872. The van der Waals surface area contributed by atoms with Crippen LogP contribution < -0.4 is 14.8 Å². The Morgan fingerprint density at radius 1 is 1.29 bits per heavy atom. The van der Waals surface area contributed by atoms with Gasteiger partial charge in [0, 0.05) is 11.6 Å². The molecule has 1 aromatic rings. The second-order valence-electron chi connectivity index (χ2n) is 5.28. The third kappa shape index (κ3) is 4.11. The zero-order chi connectivity index (χ0) is 15.2. The van der Waals surface area contributed by atoms with E-state index in [-0.39, 0.29) is 18.1 Å². The number of hydrogen-bond acceptors (Lipinski definition) is 4. The zero-order valence-electron chi connectivity index (χ0n) is 12.6. The molecule has 1 saturated carbocycles. The first-order valence-electron chi connectivity index (χ1n) is 7.43. The van der Waals surface area contributed by atoms with Gasteiger partial charge in [-0.2, -0.15) is 0 Å². The zero-order valence-corrected chi connectivity index (χ0v) is 12.6. The van der Waals surface area contributed by atoms with Crippen molar-refractivity contribution in [3.8, 4) is 11.5 Å². The summed E-state index contributed by atoms with van der Waals surface area (Å²) in [5, 5.41) is 12.5. The maximum atomic E-state index is 12.3. The van der Waals surface area contributed by atoms with Gasteiger partial charge in [-0.3, -0.25) is 4.79 Å². The van der Waals surface area contributed by atoms with Gasteiger partial charge in [-0.1, -0.05) is 0 Å². The van der Waals surface area contributed by atoms with Gasteiger partial charge in [0.1, 0.15) is 0 Å². The summed E-state index contributed by atoms with van der Waals surface area (Å²) in [4.78, 5) is 12.3. The molecular formula is C16H23NO4. The minimum atomic E-state index is -0.219. The van der Waals surface area contributed by atoms with Crippen LogP contribution in [0.25, 0.3) is 0 Å². The second-order valence-corrected chi connectivity index (χ2v) is 5.28. The third-order valence-electron chi connectivity index (χ3n) is 3.76. The van der Waals surface area contributed by atoms with E-state index in [1.165, 1.54) is 0 Å².